The highest BCUT2D eigenvalue weighted by Gasteiger charge is 2.09. The van der Waals surface area contributed by atoms with Crippen LogP contribution in [0.25, 0.3) is 10.8 Å². The van der Waals surface area contributed by atoms with Crippen molar-refractivity contribution in [1.29, 1.82) is 0 Å². The van der Waals surface area contributed by atoms with Crippen LogP contribution in [0, 0.1) is 0 Å². The Morgan fingerprint density at radius 2 is 1.67 bits per heavy atom. The average Bonchev–Trinajstić information content (AvgIpc) is 2.27. The number of nitrogens with zero attached hydrogens (tertiary/aromatic N) is 1. The average molecular weight is 220 g/mol. The number of halogens is 1. The summed E-state index contributed by atoms with van der Waals surface area (Å²) >= 11 is 6.27. The lowest BCUT2D eigenvalue weighted by Crippen LogP contribution is -2.14. The van der Waals surface area contributed by atoms with Gasteiger partial charge in [0.25, 0.3) is 0 Å². The summed E-state index contributed by atoms with van der Waals surface area (Å²) < 4.78 is 0. The molecule has 0 aliphatic rings. The topological polar surface area (TPSA) is 3.24 Å². The maximum absolute atomic E-state index is 6.27. The zero-order chi connectivity index (χ0) is 10.8. The van der Waals surface area contributed by atoms with Crippen molar-refractivity contribution in [2.45, 2.75) is 5.50 Å². The molecule has 0 N–H and O–H groups in total. The van der Waals surface area contributed by atoms with E-state index >= 15 is 0 Å². The number of alkyl halides is 1. The van der Waals surface area contributed by atoms with Crippen LogP contribution in [0.15, 0.2) is 42.5 Å². The fraction of sp³-hybridized carbons (Fsp3) is 0.231. The van der Waals surface area contributed by atoms with Crippen molar-refractivity contribution in [2.24, 2.45) is 0 Å². The van der Waals surface area contributed by atoms with Gasteiger partial charge in [-0.25, -0.2) is 0 Å². The van der Waals surface area contributed by atoms with Crippen molar-refractivity contribution in [3.8, 4) is 0 Å². The van der Waals surface area contributed by atoms with Crippen LogP contribution in [0.4, 0.5) is 0 Å². The molecule has 1 unspecified atom stereocenters. The van der Waals surface area contributed by atoms with E-state index in [-0.39, 0.29) is 5.50 Å². The predicted octanol–water partition coefficient (Wildman–Crippen LogP) is 3.64. The molecule has 2 aromatic carbocycles. The third-order valence-electron chi connectivity index (χ3n) is 2.50. The Morgan fingerprint density at radius 3 is 2.33 bits per heavy atom. The van der Waals surface area contributed by atoms with Crippen LogP contribution in [-0.2, 0) is 0 Å². The van der Waals surface area contributed by atoms with Crippen molar-refractivity contribution in [3.63, 3.8) is 0 Å². The molecule has 0 amide bonds. The van der Waals surface area contributed by atoms with Gasteiger partial charge >= 0.3 is 0 Å². The summed E-state index contributed by atoms with van der Waals surface area (Å²) in [4.78, 5) is 1.99. The van der Waals surface area contributed by atoms with Crippen molar-refractivity contribution < 1.29 is 0 Å². The first-order valence-corrected chi connectivity index (χ1v) is 5.41. The van der Waals surface area contributed by atoms with Crippen LogP contribution in [0.5, 0.6) is 0 Å². The minimum Gasteiger partial charge on any atom is -0.290 e. The van der Waals surface area contributed by atoms with Gasteiger partial charge in [0, 0.05) is 0 Å². The van der Waals surface area contributed by atoms with Gasteiger partial charge in [-0.05, 0) is 36.5 Å². The molecule has 1 nitrogen and oxygen atoms in total. The maximum Gasteiger partial charge on any atom is 0.110 e. The lowest BCUT2D eigenvalue weighted by molar-refractivity contribution is 0.385. The smallest absolute Gasteiger partial charge is 0.110 e. The van der Waals surface area contributed by atoms with Crippen LogP contribution >= 0.6 is 11.6 Å². The van der Waals surface area contributed by atoms with Gasteiger partial charge in [0.2, 0.25) is 0 Å². The Kier molecular flexibility index (Phi) is 2.94. The molecule has 0 spiro atoms. The Balaban J connectivity index is 2.47. The third-order valence-corrected chi connectivity index (χ3v) is 3.14. The number of rotatable bonds is 2. The molecule has 0 heterocycles. The molecule has 0 saturated heterocycles. The zero-order valence-electron chi connectivity index (χ0n) is 8.94. The van der Waals surface area contributed by atoms with Gasteiger partial charge in [-0.3, -0.25) is 4.90 Å². The molecule has 2 aromatic rings. The fourth-order valence-corrected chi connectivity index (χ4v) is 1.79. The molecule has 2 rings (SSSR count). The summed E-state index contributed by atoms with van der Waals surface area (Å²) in [6.45, 7) is 0. The van der Waals surface area contributed by atoms with Crippen LogP contribution < -0.4 is 0 Å². The monoisotopic (exact) mass is 219 g/mol. The first kappa shape index (κ1) is 10.5. The predicted molar refractivity (Wildman–Crippen MR) is 66.2 cm³/mol. The number of fused-ring (bicyclic) bond motifs is 1. The summed E-state index contributed by atoms with van der Waals surface area (Å²) in [6.07, 6.45) is 0. The van der Waals surface area contributed by atoms with E-state index in [1.165, 1.54) is 10.8 Å². The Morgan fingerprint density at radius 1 is 1.00 bits per heavy atom. The molecule has 0 aliphatic carbocycles. The van der Waals surface area contributed by atoms with Crippen molar-refractivity contribution in [2.75, 3.05) is 14.1 Å². The van der Waals surface area contributed by atoms with E-state index in [1.807, 2.05) is 31.1 Å². The minimum atomic E-state index is -0.0605. The highest BCUT2D eigenvalue weighted by Crippen LogP contribution is 2.25. The van der Waals surface area contributed by atoms with E-state index in [1.54, 1.807) is 0 Å². The molecule has 0 saturated carbocycles. The molecule has 1 atom stereocenters. The van der Waals surface area contributed by atoms with E-state index in [4.69, 9.17) is 11.6 Å². The van der Waals surface area contributed by atoms with Crippen molar-refractivity contribution in [3.05, 3.63) is 48.0 Å². The zero-order valence-corrected chi connectivity index (χ0v) is 9.70. The molecule has 0 bridgehead atoms. The van der Waals surface area contributed by atoms with Crippen LogP contribution in [0.3, 0.4) is 0 Å². The number of benzene rings is 2. The second kappa shape index (κ2) is 4.21. The second-order valence-corrected chi connectivity index (χ2v) is 4.32. The number of hydrogen-bond donors (Lipinski definition) is 0. The molecule has 0 radical (unpaired) electrons. The third kappa shape index (κ3) is 2.14. The Labute approximate surface area is 95.3 Å². The van der Waals surface area contributed by atoms with E-state index < -0.39 is 0 Å². The maximum atomic E-state index is 6.27. The van der Waals surface area contributed by atoms with Gasteiger partial charge in [-0.1, -0.05) is 36.4 Å². The first-order chi connectivity index (χ1) is 7.18. The highest BCUT2D eigenvalue weighted by molar-refractivity contribution is 6.20. The molecule has 2 heteroatoms. The fourth-order valence-electron chi connectivity index (χ4n) is 1.65. The number of hydrogen-bond acceptors (Lipinski definition) is 1. The van der Waals surface area contributed by atoms with Gasteiger partial charge in [-0.15, -0.1) is 11.6 Å². The van der Waals surface area contributed by atoms with Gasteiger partial charge in [0.05, 0.1) is 0 Å². The second-order valence-electron chi connectivity index (χ2n) is 3.91. The summed E-state index contributed by atoms with van der Waals surface area (Å²) in [5, 5.41) is 2.49. The van der Waals surface area contributed by atoms with E-state index in [0.717, 1.165) is 5.56 Å². The SMILES string of the molecule is CN(C)C(Cl)c1ccc2ccccc2c1. The van der Waals surface area contributed by atoms with Gasteiger partial charge in [0.15, 0.2) is 0 Å². The van der Waals surface area contributed by atoms with Crippen molar-refractivity contribution in [1.82, 2.24) is 4.90 Å². The summed E-state index contributed by atoms with van der Waals surface area (Å²) in [6, 6.07) is 14.7. The minimum absolute atomic E-state index is 0.0605. The highest BCUT2D eigenvalue weighted by atomic mass is 35.5. The molecular formula is C13H14ClN. The largest absolute Gasteiger partial charge is 0.290 e. The van der Waals surface area contributed by atoms with Crippen LogP contribution in [-0.4, -0.2) is 19.0 Å². The summed E-state index contributed by atoms with van der Waals surface area (Å²) in [5.41, 5.74) is 1.08. The lowest BCUT2D eigenvalue weighted by atomic mass is 10.1. The lowest BCUT2D eigenvalue weighted by Gasteiger charge is -2.18. The molecular weight excluding hydrogens is 206 g/mol. The molecule has 78 valence electrons. The normalized spacial score (nSPS) is 13.3. The van der Waals surface area contributed by atoms with E-state index in [0.29, 0.717) is 0 Å². The molecule has 0 aromatic heterocycles. The van der Waals surface area contributed by atoms with Gasteiger partial charge < -0.3 is 0 Å². The molecule has 0 aliphatic heterocycles. The van der Waals surface area contributed by atoms with E-state index in [9.17, 15) is 0 Å². The van der Waals surface area contributed by atoms with Crippen molar-refractivity contribution >= 4 is 22.4 Å². The van der Waals surface area contributed by atoms with Crippen LogP contribution in [0.2, 0.25) is 0 Å². The van der Waals surface area contributed by atoms with Crippen LogP contribution in [0.1, 0.15) is 11.1 Å². The molecule has 0 fully saturated rings. The molecule has 15 heavy (non-hydrogen) atoms. The Bertz CT molecular complexity index is 465. The van der Waals surface area contributed by atoms with E-state index in [2.05, 4.69) is 30.3 Å². The Hall–Kier alpha value is -1.05. The standard InChI is InChI=1S/C13H14ClN/c1-15(2)13(14)12-8-7-10-5-3-4-6-11(10)9-12/h3-9,13H,1-2H3. The van der Waals surface area contributed by atoms with Gasteiger partial charge in [-0.2, -0.15) is 0 Å². The van der Waals surface area contributed by atoms with Gasteiger partial charge in [0.1, 0.15) is 5.50 Å². The summed E-state index contributed by atoms with van der Waals surface area (Å²) in [5.74, 6) is 0. The summed E-state index contributed by atoms with van der Waals surface area (Å²) in [7, 11) is 3.96. The first-order valence-electron chi connectivity index (χ1n) is 4.97. The quantitative estimate of drug-likeness (QED) is 0.551.